The van der Waals surface area contributed by atoms with Gasteiger partial charge in [-0.25, -0.2) is 12.7 Å². The minimum Gasteiger partial charge on any atom is -0.212 e. The van der Waals surface area contributed by atoms with E-state index in [1.807, 2.05) is 6.92 Å². The van der Waals surface area contributed by atoms with Crippen molar-refractivity contribution < 1.29 is 8.42 Å². The smallest absolute Gasteiger partial charge is 0.212 e. The van der Waals surface area contributed by atoms with E-state index in [4.69, 9.17) is 0 Å². The third-order valence-corrected chi connectivity index (χ3v) is 4.54. The van der Waals surface area contributed by atoms with Crippen molar-refractivity contribution in [3.63, 3.8) is 0 Å². The molecule has 16 heavy (non-hydrogen) atoms. The van der Waals surface area contributed by atoms with Crippen LogP contribution in [0.4, 0.5) is 0 Å². The lowest BCUT2D eigenvalue weighted by Crippen LogP contribution is -2.36. The molecular formula is C11H24BrNO2S. The normalized spacial score (nSPS) is 13.4. The summed E-state index contributed by atoms with van der Waals surface area (Å²) in [5, 5.41) is 0.696. The first kappa shape index (κ1) is 16.4. The summed E-state index contributed by atoms with van der Waals surface area (Å²) in [4.78, 5) is 0. The number of sulfonamides is 1. The number of halogens is 1. The summed E-state index contributed by atoms with van der Waals surface area (Å²) in [6, 6.07) is 0. The maximum atomic E-state index is 12.1. The number of hydrogen-bond donors (Lipinski definition) is 0. The average molecular weight is 314 g/mol. The van der Waals surface area contributed by atoms with Gasteiger partial charge in [0.1, 0.15) is 0 Å². The molecule has 0 bridgehead atoms. The van der Waals surface area contributed by atoms with E-state index in [0.717, 1.165) is 6.42 Å². The van der Waals surface area contributed by atoms with E-state index in [1.54, 1.807) is 4.31 Å². The van der Waals surface area contributed by atoms with Crippen LogP contribution in [0.2, 0.25) is 0 Å². The Hall–Kier alpha value is 0.390. The van der Waals surface area contributed by atoms with Crippen molar-refractivity contribution in [3.8, 4) is 0 Å². The van der Waals surface area contributed by atoms with E-state index >= 15 is 0 Å². The Morgan fingerprint density at radius 2 is 1.75 bits per heavy atom. The molecule has 0 aromatic heterocycles. The molecule has 0 fully saturated rings. The molecule has 0 aromatic carbocycles. The van der Waals surface area contributed by atoms with E-state index in [2.05, 4.69) is 36.7 Å². The summed E-state index contributed by atoms with van der Waals surface area (Å²) in [6.45, 7) is 9.39. The first-order valence-corrected chi connectivity index (χ1v) is 8.50. The van der Waals surface area contributed by atoms with Gasteiger partial charge in [-0.15, -0.1) is 0 Å². The molecule has 0 aliphatic rings. The minimum atomic E-state index is -3.08. The van der Waals surface area contributed by atoms with Gasteiger partial charge in [0, 0.05) is 18.4 Å². The molecule has 0 N–H and O–H groups in total. The van der Waals surface area contributed by atoms with Crippen LogP contribution in [-0.2, 0) is 10.0 Å². The predicted octanol–water partition coefficient (Wildman–Crippen LogP) is 2.86. The van der Waals surface area contributed by atoms with Gasteiger partial charge in [0.15, 0.2) is 0 Å². The number of nitrogens with zero attached hydrogens (tertiary/aromatic N) is 1. The number of hydrogen-bond acceptors (Lipinski definition) is 2. The average Bonchev–Trinajstić information content (AvgIpc) is 2.14. The van der Waals surface area contributed by atoms with Crippen LogP contribution < -0.4 is 0 Å². The zero-order valence-electron chi connectivity index (χ0n) is 10.8. The van der Waals surface area contributed by atoms with Gasteiger partial charge in [0.2, 0.25) is 10.0 Å². The topological polar surface area (TPSA) is 37.4 Å². The molecule has 0 aromatic rings. The summed E-state index contributed by atoms with van der Waals surface area (Å²) >= 11 is 3.30. The molecule has 0 saturated heterocycles. The molecule has 0 rings (SSSR count). The van der Waals surface area contributed by atoms with E-state index < -0.39 is 10.0 Å². The Morgan fingerprint density at radius 1 is 1.19 bits per heavy atom. The fourth-order valence-corrected chi connectivity index (χ4v) is 3.92. The van der Waals surface area contributed by atoms with Gasteiger partial charge in [-0.1, -0.05) is 43.6 Å². The highest BCUT2D eigenvalue weighted by Gasteiger charge is 2.23. The maximum absolute atomic E-state index is 12.1. The van der Waals surface area contributed by atoms with Crippen LogP contribution in [0.1, 0.15) is 40.5 Å². The molecule has 5 heteroatoms. The summed E-state index contributed by atoms with van der Waals surface area (Å²) < 4.78 is 25.7. The SMILES string of the molecule is CCCN(CCBr)S(=O)(=O)CCC(C)(C)C. The molecule has 0 amide bonds. The summed E-state index contributed by atoms with van der Waals surface area (Å²) in [5.41, 5.74) is 0.0688. The Bertz CT molecular complexity index is 277. The number of alkyl halides is 1. The summed E-state index contributed by atoms with van der Waals surface area (Å²) in [7, 11) is -3.08. The Kier molecular flexibility index (Phi) is 7.14. The molecule has 0 radical (unpaired) electrons. The van der Waals surface area contributed by atoms with Gasteiger partial charge < -0.3 is 0 Å². The number of rotatable bonds is 7. The highest BCUT2D eigenvalue weighted by atomic mass is 79.9. The van der Waals surface area contributed by atoms with Crippen molar-refractivity contribution in [2.24, 2.45) is 5.41 Å². The van der Waals surface area contributed by atoms with Gasteiger partial charge in [-0.2, -0.15) is 0 Å². The monoisotopic (exact) mass is 313 g/mol. The molecule has 0 spiro atoms. The Morgan fingerprint density at radius 3 is 2.12 bits per heavy atom. The highest BCUT2D eigenvalue weighted by molar-refractivity contribution is 9.09. The van der Waals surface area contributed by atoms with Gasteiger partial charge in [-0.05, 0) is 18.3 Å². The van der Waals surface area contributed by atoms with E-state index in [0.29, 0.717) is 24.8 Å². The lowest BCUT2D eigenvalue weighted by molar-refractivity contribution is 0.382. The Labute approximate surface area is 109 Å². The summed E-state index contributed by atoms with van der Waals surface area (Å²) in [6.07, 6.45) is 1.57. The zero-order valence-corrected chi connectivity index (χ0v) is 13.2. The highest BCUT2D eigenvalue weighted by Crippen LogP contribution is 2.20. The van der Waals surface area contributed by atoms with Gasteiger partial charge in [0.05, 0.1) is 5.75 Å². The molecule has 0 saturated carbocycles. The Balaban J connectivity index is 4.47. The fourth-order valence-electron chi connectivity index (χ4n) is 1.30. The van der Waals surface area contributed by atoms with Crippen LogP contribution in [0.5, 0.6) is 0 Å². The standard InChI is InChI=1S/C11H24BrNO2S/c1-5-8-13(9-7-12)16(14,15)10-6-11(2,3)4/h5-10H2,1-4H3. The quantitative estimate of drug-likeness (QED) is 0.678. The minimum absolute atomic E-state index is 0.0688. The van der Waals surface area contributed by atoms with Crippen molar-refractivity contribution in [1.82, 2.24) is 4.31 Å². The molecule has 0 atom stereocenters. The predicted molar refractivity (Wildman–Crippen MR) is 73.5 cm³/mol. The third-order valence-electron chi connectivity index (χ3n) is 2.31. The molecule has 0 aliphatic heterocycles. The fraction of sp³-hybridized carbons (Fsp3) is 1.00. The molecular weight excluding hydrogens is 290 g/mol. The van der Waals surface area contributed by atoms with Gasteiger partial charge >= 0.3 is 0 Å². The van der Waals surface area contributed by atoms with Crippen molar-refractivity contribution >= 4 is 26.0 Å². The largest absolute Gasteiger partial charge is 0.214 e. The zero-order chi connectivity index (χ0) is 12.8. The lowest BCUT2D eigenvalue weighted by atomic mass is 9.94. The van der Waals surface area contributed by atoms with Crippen LogP contribution in [0.25, 0.3) is 0 Å². The van der Waals surface area contributed by atoms with Crippen LogP contribution in [0.15, 0.2) is 0 Å². The first-order valence-electron chi connectivity index (χ1n) is 5.76. The first-order chi connectivity index (χ1) is 7.23. The van der Waals surface area contributed by atoms with Gasteiger partial charge in [-0.3, -0.25) is 0 Å². The second kappa shape index (κ2) is 6.97. The van der Waals surface area contributed by atoms with Crippen LogP contribution in [-0.4, -0.2) is 36.9 Å². The second-order valence-electron chi connectivity index (χ2n) is 5.21. The van der Waals surface area contributed by atoms with Crippen LogP contribution >= 0.6 is 15.9 Å². The van der Waals surface area contributed by atoms with Gasteiger partial charge in [0.25, 0.3) is 0 Å². The molecule has 0 aliphatic carbocycles. The van der Waals surface area contributed by atoms with E-state index in [1.165, 1.54) is 0 Å². The van der Waals surface area contributed by atoms with Crippen molar-refractivity contribution in [3.05, 3.63) is 0 Å². The lowest BCUT2D eigenvalue weighted by Gasteiger charge is -2.23. The van der Waals surface area contributed by atoms with E-state index in [-0.39, 0.29) is 11.2 Å². The molecule has 0 unspecified atom stereocenters. The summed E-state index contributed by atoms with van der Waals surface area (Å²) in [5.74, 6) is 0.253. The molecule has 98 valence electrons. The van der Waals surface area contributed by atoms with Crippen LogP contribution in [0, 0.1) is 5.41 Å². The van der Waals surface area contributed by atoms with Crippen molar-refractivity contribution in [2.45, 2.75) is 40.5 Å². The maximum Gasteiger partial charge on any atom is 0.214 e. The van der Waals surface area contributed by atoms with Crippen LogP contribution in [0.3, 0.4) is 0 Å². The third kappa shape index (κ3) is 6.86. The van der Waals surface area contributed by atoms with Crippen molar-refractivity contribution in [2.75, 3.05) is 24.2 Å². The molecule has 3 nitrogen and oxygen atoms in total. The van der Waals surface area contributed by atoms with Crippen molar-refractivity contribution in [1.29, 1.82) is 0 Å². The van der Waals surface area contributed by atoms with E-state index in [9.17, 15) is 8.42 Å². The second-order valence-corrected chi connectivity index (χ2v) is 8.10. The molecule has 0 heterocycles.